The summed E-state index contributed by atoms with van der Waals surface area (Å²) in [7, 11) is -3.61. The first-order valence-corrected chi connectivity index (χ1v) is 10.5. The van der Waals surface area contributed by atoms with Crippen molar-refractivity contribution in [2.75, 3.05) is 25.0 Å². The molecule has 2 aromatic rings. The van der Waals surface area contributed by atoms with Crippen LogP contribution in [0, 0.1) is 6.92 Å². The molecule has 0 aliphatic carbocycles. The SMILES string of the molecule is C=CCOc1ccc(C(=O)Nc2ccc(C)c(S(=O)(=O)N(CC)CC)c2)cc1. The molecular formula is C21H26N2O4S. The van der Waals surface area contributed by atoms with Crippen LogP contribution in [0.1, 0.15) is 29.8 Å². The monoisotopic (exact) mass is 402 g/mol. The van der Waals surface area contributed by atoms with E-state index in [1.807, 2.05) is 0 Å². The zero-order valence-electron chi connectivity index (χ0n) is 16.4. The Kier molecular flexibility index (Phi) is 7.37. The van der Waals surface area contributed by atoms with Crippen molar-refractivity contribution in [3.63, 3.8) is 0 Å². The third-order valence-corrected chi connectivity index (χ3v) is 6.45. The first kappa shape index (κ1) is 21.7. The van der Waals surface area contributed by atoms with Gasteiger partial charge >= 0.3 is 0 Å². The summed E-state index contributed by atoms with van der Waals surface area (Å²) in [4.78, 5) is 12.7. The summed E-state index contributed by atoms with van der Waals surface area (Å²) in [5.74, 6) is 0.310. The van der Waals surface area contributed by atoms with Crippen molar-refractivity contribution in [3.8, 4) is 5.75 Å². The van der Waals surface area contributed by atoms with Crippen LogP contribution in [0.25, 0.3) is 0 Å². The van der Waals surface area contributed by atoms with Crippen molar-refractivity contribution in [1.29, 1.82) is 0 Å². The van der Waals surface area contributed by atoms with E-state index in [0.29, 0.717) is 42.3 Å². The fourth-order valence-corrected chi connectivity index (χ4v) is 4.43. The number of carbonyl (C=O) groups is 1. The number of hydrogen-bond donors (Lipinski definition) is 1. The van der Waals surface area contributed by atoms with E-state index in [0.717, 1.165) is 0 Å². The molecule has 0 aliphatic rings. The quantitative estimate of drug-likeness (QED) is 0.647. The highest BCUT2D eigenvalue weighted by molar-refractivity contribution is 7.89. The lowest BCUT2D eigenvalue weighted by molar-refractivity contribution is 0.102. The molecule has 0 unspecified atom stereocenters. The number of benzene rings is 2. The Labute approximate surface area is 166 Å². The van der Waals surface area contributed by atoms with Crippen LogP contribution < -0.4 is 10.1 Å². The predicted molar refractivity (Wildman–Crippen MR) is 111 cm³/mol. The second kappa shape index (κ2) is 9.52. The lowest BCUT2D eigenvalue weighted by Gasteiger charge is -2.20. The fourth-order valence-electron chi connectivity index (χ4n) is 2.72. The van der Waals surface area contributed by atoms with Gasteiger partial charge in [-0.25, -0.2) is 8.42 Å². The molecule has 0 spiro atoms. The van der Waals surface area contributed by atoms with Gasteiger partial charge in [-0.1, -0.05) is 32.6 Å². The third kappa shape index (κ3) is 4.99. The summed E-state index contributed by atoms with van der Waals surface area (Å²) in [6, 6.07) is 11.6. The summed E-state index contributed by atoms with van der Waals surface area (Å²) >= 11 is 0. The van der Waals surface area contributed by atoms with E-state index in [-0.39, 0.29) is 10.8 Å². The maximum Gasteiger partial charge on any atom is 0.255 e. The molecule has 0 heterocycles. The molecule has 2 rings (SSSR count). The largest absolute Gasteiger partial charge is 0.490 e. The number of anilines is 1. The summed E-state index contributed by atoms with van der Waals surface area (Å²) < 4.78 is 32.5. The van der Waals surface area contributed by atoms with Gasteiger partial charge in [0.1, 0.15) is 12.4 Å². The second-order valence-electron chi connectivity index (χ2n) is 6.15. The average Bonchev–Trinajstić information content (AvgIpc) is 2.68. The molecular weight excluding hydrogens is 376 g/mol. The van der Waals surface area contributed by atoms with Crippen LogP contribution in [-0.4, -0.2) is 38.3 Å². The minimum absolute atomic E-state index is 0.196. The van der Waals surface area contributed by atoms with E-state index >= 15 is 0 Å². The summed E-state index contributed by atoms with van der Waals surface area (Å²) in [6.07, 6.45) is 1.64. The molecule has 7 heteroatoms. The van der Waals surface area contributed by atoms with Gasteiger partial charge in [0.2, 0.25) is 10.0 Å². The Hall–Kier alpha value is -2.64. The Morgan fingerprint density at radius 3 is 2.36 bits per heavy atom. The van der Waals surface area contributed by atoms with Gasteiger partial charge in [0, 0.05) is 24.3 Å². The van der Waals surface area contributed by atoms with Crippen LogP contribution in [0.3, 0.4) is 0 Å². The van der Waals surface area contributed by atoms with E-state index < -0.39 is 10.0 Å². The fraction of sp³-hybridized carbons (Fsp3) is 0.286. The lowest BCUT2D eigenvalue weighted by Crippen LogP contribution is -2.31. The van der Waals surface area contributed by atoms with Crippen LogP contribution in [0.5, 0.6) is 5.75 Å². The molecule has 6 nitrogen and oxygen atoms in total. The Morgan fingerprint density at radius 1 is 1.14 bits per heavy atom. The van der Waals surface area contributed by atoms with E-state index in [9.17, 15) is 13.2 Å². The zero-order chi connectivity index (χ0) is 20.7. The molecule has 0 saturated heterocycles. The van der Waals surface area contributed by atoms with E-state index in [4.69, 9.17) is 4.74 Å². The maximum atomic E-state index is 12.8. The van der Waals surface area contributed by atoms with E-state index in [1.54, 1.807) is 63.2 Å². The lowest BCUT2D eigenvalue weighted by atomic mass is 10.2. The Morgan fingerprint density at radius 2 is 1.79 bits per heavy atom. The van der Waals surface area contributed by atoms with Gasteiger partial charge in [0.15, 0.2) is 0 Å². The van der Waals surface area contributed by atoms with Gasteiger partial charge in [-0.05, 0) is 48.9 Å². The summed E-state index contributed by atoms with van der Waals surface area (Å²) in [5, 5.41) is 2.76. The Bertz CT molecular complexity index is 933. The number of ether oxygens (including phenoxy) is 1. The number of aryl methyl sites for hydroxylation is 1. The minimum atomic E-state index is -3.61. The highest BCUT2D eigenvalue weighted by atomic mass is 32.2. The summed E-state index contributed by atoms with van der Waals surface area (Å²) in [5.41, 5.74) is 1.50. The Balaban J connectivity index is 2.23. The molecule has 0 atom stereocenters. The third-order valence-electron chi connectivity index (χ3n) is 4.25. The number of nitrogens with one attached hydrogen (secondary N) is 1. The van der Waals surface area contributed by atoms with Crippen molar-refractivity contribution < 1.29 is 17.9 Å². The molecule has 1 N–H and O–H groups in total. The highest BCUT2D eigenvalue weighted by Gasteiger charge is 2.24. The number of carbonyl (C=O) groups excluding carboxylic acids is 1. The van der Waals surface area contributed by atoms with Gasteiger partial charge < -0.3 is 10.1 Å². The molecule has 0 bridgehead atoms. The van der Waals surface area contributed by atoms with Gasteiger partial charge in [-0.2, -0.15) is 4.31 Å². The number of sulfonamides is 1. The van der Waals surface area contributed by atoms with Gasteiger partial charge in [0.25, 0.3) is 5.91 Å². The standard InChI is InChI=1S/C21H26N2O4S/c1-5-14-27-19-12-9-17(10-13-19)21(24)22-18-11-8-16(4)20(15-18)28(25,26)23(6-2)7-3/h5,8-13,15H,1,6-7,14H2,2-4H3,(H,22,24). The molecule has 150 valence electrons. The minimum Gasteiger partial charge on any atom is -0.490 e. The number of rotatable bonds is 9. The van der Waals surface area contributed by atoms with Gasteiger partial charge in [0.05, 0.1) is 4.90 Å². The van der Waals surface area contributed by atoms with Gasteiger partial charge in [-0.15, -0.1) is 0 Å². The van der Waals surface area contributed by atoms with Crippen LogP contribution in [-0.2, 0) is 10.0 Å². The summed E-state index contributed by atoms with van der Waals surface area (Å²) in [6.45, 7) is 10.1. The molecule has 2 aromatic carbocycles. The van der Waals surface area contributed by atoms with E-state index in [1.165, 1.54) is 10.4 Å². The van der Waals surface area contributed by atoms with Crippen LogP contribution in [0.4, 0.5) is 5.69 Å². The molecule has 0 aromatic heterocycles. The van der Waals surface area contributed by atoms with Crippen LogP contribution >= 0.6 is 0 Å². The first-order chi connectivity index (χ1) is 13.3. The predicted octanol–water partition coefficient (Wildman–Crippen LogP) is 3.84. The smallest absolute Gasteiger partial charge is 0.255 e. The molecule has 0 saturated carbocycles. The molecule has 0 aliphatic heterocycles. The zero-order valence-corrected chi connectivity index (χ0v) is 17.3. The molecule has 1 amide bonds. The van der Waals surface area contributed by atoms with Crippen molar-refractivity contribution in [2.24, 2.45) is 0 Å². The average molecular weight is 403 g/mol. The first-order valence-electron chi connectivity index (χ1n) is 9.09. The second-order valence-corrected chi connectivity index (χ2v) is 8.05. The van der Waals surface area contributed by atoms with Crippen molar-refractivity contribution in [2.45, 2.75) is 25.7 Å². The molecule has 0 fully saturated rings. The topological polar surface area (TPSA) is 75.7 Å². The van der Waals surface area contributed by atoms with E-state index in [2.05, 4.69) is 11.9 Å². The number of nitrogens with zero attached hydrogens (tertiary/aromatic N) is 1. The van der Waals surface area contributed by atoms with Crippen LogP contribution in [0.15, 0.2) is 60.0 Å². The molecule has 0 radical (unpaired) electrons. The van der Waals surface area contributed by atoms with Crippen molar-refractivity contribution in [1.82, 2.24) is 4.31 Å². The maximum absolute atomic E-state index is 12.8. The highest BCUT2D eigenvalue weighted by Crippen LogP contribution is 2.24. The van der Waals surface area contributed by atoms with Crippen molar-refractivity contribution in [3.05, 3.63) is 66.2 Å². The number of hydrogen-bond acceptors (Lipinski definition) is 4. The molecule has 28 heavy (non-hydrogen) atoms. The van der Waals surface area contributed by atoms with Gasteiger partial charge in [-0.3, -0.25) is 4.79 Å². The van der Waals surface area contributed by atoms with Crippen LogP contribution in [0.2, 0.25) is 0 Å². The normalized spacial score (nSPS) is 11.3. The number of amides is 1. The van der Waals surface area contributed by atoms with Crippen molar-refractivity contribution >= 4 is 21.6 Å².